The summed E-state index contributed by atoms with van der Waals surface area (Å²) in [5.74, 6) is 0. The van der Waals surface area contributed by atoms with Crippen molar-refractivity contribution < 1.29 is 9.47 Å². The molecule has 12 heavy (non-hydrogen) atoms. The molecule has 3 heteroatoms. The Hall–Kier alpha value is -0.120. The lowest BCUT2D eigenvalue weighted by Gasteiger charge is -2.49. The summed E-state index contributed by atoms with van der Waals surface area (Å²) in [7, 11) is 0. The second-order valence-corrected chi connectivity index (χ2v) is 4.50. The number of hydrogen-bond donors (Lipinski definition) is 1. The largest absolute Gasteiger partial charge is 0.372 e. The standard InChI is InChI=1S/C9H15NO2/c1-7-8(2-3-8)4-12-9(10-7)5-11-6-9/h7,10H,2-6H2,1H3. The van der Waals surface area contributed by atoms with Gasteiger partial charge in [-0.05, 0) is 19.8 Å². The number of rotatable bonds is 0. The van der Waals surface area contributed by atoms with E-state index in [4.69, 9.17) is 9.47 Å². The van der Waals surface area contributed by atoms with E-state index in [2.05, 4.69) is 12.2 Å². The van der Waals surface area contributed by atoms with Crippen LogP contribution in [-0.2, 0) is 9.47 Å². The van der Waals surface area contributed by atoms with E-state index in [0.29, 0.717) is 11.5 Å². The lowest BCUT2D eigenvalue weighted by atomic mass is 9.94. The Kier molecular flexibility index (Phi) is 1.23. The van der Waals surface area contributed by atoms with Crippen molar-refractivity contribution in [1.82, 2.24) is 5.32 Å². The number of nitrogens with one attached hydrogen (secondary N) is 1. The van der Waals surface area contributed by atoms with Crippen molar-refractivity contribution in [3.05, 3.63) is 0 Å². The first-order valence-corrected chi connectivity index (χ1v) is 4.74. The first kappa shape index (κ1) is 7.30. The molecule has 2 heterocycles. The molecule has 2 spiro atoms. The fourth-order valence-electron chi connectivity index (χ4n) is 2.19. The van der Waals surface area contributed by atoms with Gasteiger partial charge in [-0.1, -0.05) is 0 Å². The molecule has 0 bridgehead atoms. The van der Waals surface area contributed by atoms with Crippen LogP contribution in [0.5, 0.6) is 0 Å². The Bertz CT molecular complexity index is 209. The van der Waals surface area contributed by atoms with Crippen molar-refractivity contribution in [3.63, 3.8) is 0 Å². The van der Waals surface area contributed by atoms with E-state index >= 15 is 0 Å². The van der Waals surface area contributed by atoms with E-state index in [1.165, 1.54) is 12.8 Å². The van der Waals surface area contributed by atoms with E-state index in [-0.39, 0.29) is 5.72 Å². The highest BCUT2D eigenvalue weighted by Crippen LogP contribution is 2.52. The highest BCUT2D eigenvalue weighted by Gasteiger charge is 2.56. The van der Waals surface area contributed by atoms with E-state index in [1.807, 2.05) is 0 Å². The van der Waals surface area contributed by atoms with Gasteiger partial charge < -0.3 is 9.47 Å². The van der Waals surface area contributed by atoms with Crippen molar-refractivity contribution in [2.24, 2.45) is 5.41 Å². The van der Waals surface area contributed by atoms with Gasteiger partial charge in [-0.3, -0.25) is 5.32 Å². The van der Waals surface area contributed by atoms with Gasteiger partial charge in [0.05, 0.1) is 19.8 Å². The molecule has 3 nitrogen and oxygen atoms in total. The second kappa shape index (κ2) is 2.03. The minimum absolute atomic E-state index is 0.104. The summed E-state index contributed by atoms with van der Waals surface area (Å²) in [5.41, 5.74) is 0.383. The molecule has 2 aliphatic heterocycles. The predicted octanol–water partition coefficient (Wildman–Crippen LogP) is 0.501. The van der Waals surface area contributed by atoms with Gasteiger partial charge in [-0.2, -0.15) is 0 Å². The molecule has 1 saturated carbocycles. The van der Waals surface area contributed by atoms with E-state index < -0.39 is 0 Å². The first-order chi connectivity index (χ1) is 5.75. The molecule has 1 N–H and O–H groups in total. The number of hydrogen-bond acceptors (Lipinski definition) is 3. The summed E-state index contributed by atoms with van der Waals surface area (Å²) in [6.45, 7) is 4.67. The zero-order valence-corrected chi connectivity index (χ0v) is 7.43. The van der Waals surface area contributed by atoms with E-state index in [0.717, 1.165) is 19.8 Å². The molecule has 0 aromatic rings. The van der Waals surface area contributed by atoms with Gasteiger partial charge in [0, 0.05) is 11.5 Å². The molecule has 1 unspecified atom stereocenters. The smallest absolute Gasteiger partial charge is 0.166 e. The van der Waals surface area contributed by atoms with Crippen LogP contribution in [0.25, 0.3) is 0 Å². The van der Waals surface area contributed by atoms with Crippen LogP contribution in [0.2, 0.25) is 0 Å². The Morgan fingerprint density at radius 1 is 1.25 bits per heavy atom. The Morgan fingerprint density at radius 2 is 2.00 bits per heavy atom. The normalized spacial score (nSPS) is 41.2. The molecule has 68 valence electrons. The van der Waals surface area contributed by atoms with Crippen LogP contribution < -0.4 is 5.32 Å². The first-order valence-electron chi connectivity index (χ1n) is 4.74. The minimum Gasteiger partial charge on any atom is -0.372 e. The maximum atomic E-state index is 5.81. The van der Waals surface area contributed by atoms with Crippen LogP contribution in [0.1, 0.15) is 19.8 Å². The topological polar surface area (TPSA) is 30.5 Å². The molecule has 1 atom stereocenters. The van der Waals surface area contributed by atoms with Crippen LogP contribution in [0.3, 0.4) is 0 Å². The van der Waals surface area contributed by atoms with Crippen molar-refractivity contribution in [1.29, 1.82) is 0 Å². The molecule has 3 rings (SSSR count). The van der Waals surface area contributed by atoms with Crippen molar-refractivity contribution in [2.75, 3.05) is 19.8 Å². The summed E-state index contributed by atoms with van der Waals surface area (Å²) in [4.78, 5) is 0. The van der Waals surface area contributed by atoms with Crippen LogP contribution >= 0.6 is 0 Å². The van der Waals surface area contributed by atoms with Crippen LogP contribution in [0, 0.1) is 5.41 Å². The van der Waals surface area contributed by atoms with Gasteiger partial charge in [0.1, 0.15) is 0 Å². The van der Waals surface area contributed by atoms with Crippen LogP contribution in [0.15, 0.2) is 0 Å². The Balaban J connectivity index is 1.74. The fraction of sp³-hybridized carbons (Fsp3) is 1.00. The third-order valence-electron chi connectivity index (χ3n) is 3.60. The molecule has 3 aliphatic rings. The summed E-state index contributed by atoms with van der Waals surface area (Å²) < 4.78 is 11.0. The molecule has 0 radical (unpaired) electrons. The summed E-state index contributed by atoms with van der Waals surface area (Å²) >= 11 is 0. The van der Waals surface area contributed by atoms with Gasteiger partial charge in [-0.25, -0.2) is 0 Å². The maximum Gasteiger partial charge on any atom is 0.166 e. The van der Waals surface area contributed by atoms with Gasteiger partial charge >= 0.3 is 0 Å². The third-order valence-corrected chi connectivity index (χ3v) is 3.60. The third kappa shape index (κ3) is 0.817. The van der Waals surface area contributed by atoms with Gasteiger partial charge in [0.2, 0.25) is 0 Å². The zero-order chi connectivity index (χ0) is 8.23. The predicted molar refractivity (Wildman–Crippen MR) is 43.8 cm³/mol. The lowest BCUT2D eigenvalue weighted by Crippen LogP contribution is -2.69. The van der Waals surface area contributed by atoms with Crippen LogP contribution in [0.4, 0.5) is 0 Å². The number of ether oxygens (including phenoxy) is 2. The fourth-order valence-corrected chi connectivity index (χ4v) is 2.19. The zero-order valence-electron chi connectivity index (χ0n) is 7.43. The lowest BCUT2D eigenvalue weighted by molar-refractivity contribution is -0.259. The van der Waals surface area contributed by atoms with Crippen molar-refractivity contribution in [2.45, 2.75) is 31.5 Å². The van der Waals surface area contributed by atoms with E-state index in [9.17, 15) is 0 Å². The average Bonchev–Trinajstić information content (AvgIpc) is 2.74. The summed E-state index contributed by atoms with van der Waals surface area (Å²) in [5, 5.41) is 3.53. The highest BCUT2D eigenvalue weighted by atomic mass is 16.6. The molecular weight excluding hydrogens is 154 g/mol. The Labute approximate surface area is 72.4 Å². The molecule has 1 aliphatic carbocycles. The molecule has 3 fully saturated rings. The monoisotopic (exact) mass is 169 g/mol. The Morgan fingerprint density at radius 3 is 2.42 bits per heavy atom. The van der Waals surface area contributed by atoms with Gasteiger partial charge in [-0.15, -0.1) is 0 Å². The SMILES string of the molecule is CC1NC2(COC2)OCC12CC2. The second-order valence-electron chi connectivity index (χ2n) is 4.50. The molecule has 2 saturated heterocycles. The van der Waals surface area contributed by atoms with Gasteiger partial charge in [0.25, 0.3) is 0 Å². The summed E-state index contributed by atoms with van der Waals surface area (Å²) in [6.07, 6.45) is 2.66. The van der Waals surface area contributed by atoms with Crippen LogP contribution in [-0.4, -0.2) is 31.6 Å². The minimum atomic E-state index is -0.104. The molecule has 0 amide bonds. The molecule has 0 aromatic carbocycles. The maximum absolute atomic E-state index is 5.81. The average molecular weight is 169 g/mol. The molecular formula is C9H15NO2. The summed E-state index contributed by atoms with van der Waals surface area (Å²) in [6, 6.07) is 0.607. The van der Waals surface area contributed by atoms with Crippen molar-refractivity contribution >= 4 is 0 Å². The highest BCUT2D eigenvalue weighted by molar-refractivity contribution is 5.07. The molecule has 0 aromatic heterocycles. The van der Waals surface area contributed by atoms with Gasteiger partial charge in [0.15, 0.2) is 5.72 Å². The quantitative estimate of drug-likeness (QED) is 0.573. The van der Waals surface area contributed by atoms with Crippen molar-refractivity contribution in [3.8, 4) is 0 Å². The van der Waals surface area contributed by atoms with E-state index in [1.54, 1.807) is 0 Å².